The lowest BCUT2D eigenvalue weighted by Crippen LogP contribution is -2.13. The van der Waals surface area contributed by atoms with Crippen LogP contribution < -0.4 is 5.32 Å². The van der Waals surface area contributed by atoms with E-state index in [4.69, 9.17) is 4.52 Å². The molecule has 0 radical (unpaired) electrons. The molecular weight excluding hydrogens is 272 g/mol. The lowest BCUT2D eigenvalue weighted by Gasteiger charge is -1.98. The second-order valence-corrected chi connectivity index (χ2v) is 4.38. The molecule has 21 heavy (non-hydrogen) atoms. The van der Waals surface area contributed by atoms with Crippen LogP contribution in [0.3, 0.4) is 0 Å². The molecular formula is C13H8N6O2. The molecule has 102 valence electrons. The van der Waals surface area contributed by atoms with Crippen molar-refractivity contribution in [2.24, 2.45) is 0 Å². The van der Waals surface area contributed by atoms with Gasteiger partial charge < -0.3 is 4.52 Å². The quantitative estimate of drug-likeness (QED) is 0.578. The molecule has 0 fully saturated rings. The van der Waals surface area contributed by atoms with Crippen LogP contribution in [-0.4, -0.2) is 31.7 Å². The number of aromatic amines is 1. The van der Waals surface area contributed by atoms with E-state index in [0.29, 0.717) is 11.0 Å². The summed E-state index contributed by atoms with van der Waals surface area (Å²) in [5.41, 5.74) is 0.756. The number of rotatable bonds is 2. The van der Waals surface area contributed by atoms with Crippen LogP contribution in [0, 0.1) is 0 Å². The third kappa shape index (κ3) is 1.81. The Hall–Kier alpha value is -3.29. The first-order valence-electron chi connectivity index (χ1n) is 6.15. The molecule has 0 aliphatic heterocycles. The number of carbonyl (C=O) groups excluding carboxylic acids is 1. The van der Waals surface area contributed by atoms with E-state index in [0.717, 1.165) is 10.8 Å². The van der Waals surface area contributed by atoms with E-state index in [2.05, 4.69) is 31.1 Å². The normalized spacial score (nSPS) is 11.0. The van der Waals surface area contributed by atoms with Crippen LogP contribution in [0.4, 0.5) is 5.95 Å². The van der Waals surface area contributed by atoms with Gasteiger partial charge in [0.2, 0.25) is 0 Å². The maximum absolute atomic E-state index is 12.2. The van der Waals surface area contributed by atoms with Crippen molar-refractivity contribution < 1.29 is 9.32 Å². The average Bonchev–Trinajstić information content (AvgIpc) is 3.15. The minimum absolute atomic E-state index is 0.0805. The first kappa shape index (κ1) is 11.5. The van der Waals surface area contributed by atoms with Crippen LogP contribution in [0.1, 0.15) is 10.5 Å². The van der Waals surface area contributed by atoms with Gasteiger partial charge in [0.25, 0.3) is 11.9 Å². The molecule has 4 rings (SSSR count). The highest BCUT2D eigenvalue weighted by atomic mass is 16.5. The van der Waals surface area contributed by atoms with Gasteiger partial charge in [-0.15, -0.1) is 5.10 Å². The molecule has 0 unspecified atom stereocenters. The largest absolute Gasteiger partial charge is 0.355 e. The Bertz CT molecular complexity index is 944. The first-order valence-corrected chi connectivity index (χ1v) is 6.15. The summed E-state index contributed by atoms with van der Waals surface area (Å²) in [6.45, 7) is 0. The summed E-state index contributed by atoms with van der Waals surface area (Å²) in [5.74, 6) is -0.373. The lowest BCUT2D eigenvalue weighted by molar-refractivity contribution is 0.101. The molecule has 4 aromatic rings. The predicted octanol–water partition coefficient (Wildman–Crippen LogP) is 1.75. The summed E-state index contributed by atoms with van der Waals surface area (Å²) in [4.78, 5) is 12.2. The zero-order chi connectivity index (χ0) is 14.2. The number of anilines is 1. The second-order valence-electron chi connectivity index (χ2n) is 4.38. The van der Waals surface area contributed by atoms with Crippen LogP contribution in [0.5, 0.6) is 0 Å². The molecule has 8 heteroatoms. The van der Waals surface area contributed by atoms with E-state index < -0.39 is 5.91 Å². The molecule has 2 aromatic carbocycles. The maximum Gasteiger partial charge on any atom is 0.280 e. The fourth-order valence-corrected chi connectivity index (χ4v) is 2.21. The predicted molar refractivity (Wildman–Crippen MR) is 73.6 cm³/mol. The standard InChI is InChI=1S/C13H8N6O2/c20-12(14-13-15-18-19-16-13)10-9-6-5-7-3-1-2-4-8(7)11(9)21-17-10/h1-6H,(H2,14,15,16,18,19,20). The van der Waals surface area contributed by atoms with Crippen molar-refractivity contribution >= 4 is 33.6 Å². The number of tetrazole rings is 1. The Kier molecular flexibility index (Phi) is 2.40. The summed E-state index contributed by atoms with van der Waals surface area (Å²) in [7, 11) is 0. The number of aromatic nitrogens is 5. The number of hydrogen-bond donors (Lipinski definition) is 2. The smallest absolute Gasteiger partial charge is 0.280 e. The van der Waals surface area contributed by atoms with E-state index in [1.807, 2.05) is 30.3 Å². The summed E-state index contributed by atoms with van der Waals surface area (Å²) in [5, 5.41) is 21.8. The summed E-state index contributed by atoms with van der Waals surface area (Å²) in [6, 6.07) is 11.5. The Balaban J connectivity index is 1.83. The van der Waals surface area contributed by atoms with E-state index in [1.54, 1.807) is 6.07 Å². The van der Waals surface area contributed by atoms with Gasteiger partial charge in [0, 0.05) is 5.39 Å². The number of carbonyl (C=O) groups is 1. The van der Waals surface area contributed by atoms with Gasteiger partial charge in [0.15, 0.2) is 11.3 Å². The fraction of sp³-hybridized carbons (Fsp3) is 0. The maximum atomic E-state index is 12.2. The van der Waals surface area contributed by atoms with Crippen molar-refractivity contribution in [2.45, 2.75) is 0 Å². The molecule has 2 heterocycles. The highest BCUT2D eigenvalue weighted by Crippen LogP contribution is 2.27. The van der Waals surface area contributed by atoms with Gasteiger partial charge in [-0.05, 0) is 16.7 Å². The SMILES string of the molecule is O=C(Nc1nn[nH]n1)c1noc2c1ccc1ccccc12. The monoisotopic (exact) mass is 280 g/mol. The van der Waals surface area contributed by atoms with Crippen LogP contribution in [0.15, 0.2) is 40.9 Å². The number of amides is 1. The summed E-state index contributed by atoms with van der Waals surface area (Å²) < 4.78 is 5.33. The average molecular weight is 280 g/mol. The van der Waals surface area contributed by atoms with Gasteiger partial charge in [0.1, 0.15) is 0 Å². The molecule has 2 N–H and O–H groups in total. The first-order chi connectivity index (χ1) is 10.3. The lowest BCUT2D eigenvalue weighted by atomic mass is 10.1. The van der Waals surface area contributed by atoms with Crippen molar-refractivity contribution in [1.29, 1.82) is 0 Å². The molecule has 0 saturated carbocycles. The highest BCUT2D eigenvalue weighted by Gasteiger charge is 2.18. The van der Waals surface area contributed by atoms with Crippen molar-refractivity contribution in [3.63, 3.8) is 0 Å². The number of H-pyrrole nitrogens is 1. The minimum Gasteiger partial charge on any atom is -0.355 e. The van der Waals surface area contributed by atoms with Crippen LogP contribution in [-0.2, 0) is 0 Å². The topological polar surface area (TPSA) is 110 Å². The van der Waals surface area contributed by atoms with Gasteiger partial charge in [-0.25, -0.2) is 0 Å². The number of fused-ring (bicyclic) bond motifs is 3. The summed E-state index contributed by atoms with van der Waals surface area (Å²) in [6.07, 6.45) is 0. The second kappa shape index (κ2) is 4.37. The van der Waals surface area contributed by atoms with Gasteiger partial charge in [0.05, 0.1) is 5.39 Å². The van der Waals surface area contributed by atoms with Gasteiger partial charge in [-0.2, -0.15) is 5.21 Å². The Morgan fingerprint density at radius 1 is 1.14 bits per heavy atom. The number of nitrogens with zero attached hydrogens (tertiary/aromatic N) is 4. The third-order valence-electron chi connectivity index (χ3n) is 3.15. The molecule has 2 aromatic heterocycles. The Morgan fingerprint density at radius 3 is 2.90 bits per heavy atom. The zero-order valence-corrected chi connectivity index (χ0v) is 10.6. The van der Waals surface area contributed by atoms with Gasteiger partial charge in [-0.1, -0.05) is 40.6 Å². The van der Waals surface area contributed by atoms with Gasteiger partial charge in [-0.3, -0.25) is 10.1 Å². The van der Waals surface area contributed by atoms with Crippen molar-refractivity contribution in [1.82, 2.24) is 25.8 Å². The van der Waals surface area contributed by atoms with E-state index in [9.17, 15) is 4.79 Å². The Labute approximate surface area is 117 Å². The third-order valence-corrected chi connectivity index (χ3v) is 3.15. The molecule has 0 aliphatic rings. The van der Waals surface area contributed by atoms with Gasteiger partial charge >= 0.3 is 0 Å². The molecule has 0 spiro atoms. The number of benzene rings is 2. The Morgan fingerprint density at radius 2 is 2.05 bits per heavy atom. The van der Waals surface area contributed by atoms with E-state index in [1.165, 1.54) is 0 Å². The molecule has 1 amide bonds. The number of hydrogen-bond acceptors (Lipinski definition) is 6. The van der Waals surface area contributed by atoms with Crippen LogP contribution in [0.25, 0.3) is 21.7 Å². The highest BCUT2D eigenvalue weighted by molar-refractivity contribution is 6.14. The summed E-state index contributed by atoms with van der Waals surface area (Å²) >= 11 is 0. The van der Waals surface area contributed by atoms with Crippen LogP contribution >= 0.6 is 0 Å². The zero-order valence-electron chi connectivity index (χ0n) is 10.6. The van der Waals surface area contributed by atoms with E-state index in [-0.39, 0.29) is 11.6 Å². The molecule has 0 atom stereocenters. The van der Waals surface area contributed by atoms with Crippen molar-refractivity contribution in [3.8, 4) is 0 Å². The molecule has 0 bridgehead atoms. The minimum atomic E-state index is -0.453. The number of nitrogens with one attached hydrogen (secondary N) is 2. The van der Waals surface area contributed by atoms with Crippen molar-refractivity contribution in [3.05, 3.63) is 42.1 Å². The van der Waals surface area contributed by atoms with Crippen LogP contribution in [0.2, 0.25) is 0 Å². The molecule has 8 nitrogen and oxygen atoms in total. The fourth-order valence-electron chi connectivity index (χ4n) is 2.21. The molecule has 0 aliphatic carbocycles. The van der Waals surface area contributed by atoms with Crippen molar-refractivity contribution in [2.75, 3.05) is 5.32 Å². The molecule has 0 saturated heterocycles. The van der Waals surface area contributed by atoms with E-state index >= 15 is 0 Å².